The molecule has 0 spiro atoms. The number of piperazine rings is 1. The highest BCUT2D eigenvalue weighted by molar-refractivity contribution is 5.33. The SMILES string of the molecule is CC(C)c1ccccc1[C@@H]1CN(C)CCN1. The van der Waals surface area contributed by atoms with Gasteiger partial charge in [-0.25, -0.2) is 0 Å². The molecule has 0 unspecified atom stereocenters. The van der Waals surface area contributed by atoms with Crippen molar-refractivity contribution in [1.29, 1.82) is 0 Å². The van der Waals surface area contributed by atoms with Crippen LogP contribution in [0.2, 0.25) is 0 Å². The van der Waals surface area contributed by atoms with Crippen molar-refractivity contribution in [2.45, 2.75) is 25.8 Å². The molecule has 88 valence electrons. The molecule has 0 aliphatic carbocycles. The van der Waals surface area contributed by atoms with E-state index in [0.717, 1.165) is 19.6 Å². The molecule has 0 amide bonds. The van der Waals surface area contributed by atoms with Gasteiger partial charge in [-0.3, -0.25) is 0 Å². The van der Waals surface area contributed by atoms with Crippen LogP contribution in [0.5, 0.6) is 0 Å². The van der Waals surface area contributed by atoms with Crippen LogP contribution in [-0.4, -0.2) is 31.6 Å². The highest BCUT2D eigenvalue weighted by atomic mass is 15.2. The average molecular weight is 218 g/mol. The second-order valence-corrected chi connectivity index (χ2v) is 5.05. The number of likely N-dealkylation sites (N-methyl/N-ethyl adjacent to an activating group) is 1. The molecular weight excluding hydrogens is 196 g/mol. The van der Waals surface area contributed by atoms with Crippen molar-refractivity contribution in [3.05, 3.63) is 35.4 Å². The van der Waals surface area contributed by atoms with Gasteiger partial charge < -0.3 is 10.2 Å². The van der Waals surface area contributed by atoms with Gasteiger partial charge in [-0.1, -0.05) is 38.1 Å². The Bertz CT molecular complexity index is 346. The quantitative estimate of drug-likeness (QED) is 0.820. The van der Waals surface area contributed by atoms with Gasteiger partial charge in [0.1, 0.15) is 0 Å². The molecule has 2 heteroatoms. The molecular formula is C14H22N2. The zero-order valence-electron chi connectivity index (χ0n) is 10.5. The molecule has 1 aromatic rings. The first-order valence-corrected chi connectivity index (χ1v) is 6.19. The van der Waals surface area contributed by atoms with Crippen LogP contribution in [0.25, 0.3) is 0 Å². The van der Waals surface area contributed by atoms with Crippen LogP contribution in [0.1, 0.15) is 36.9 Å². The van der Waals surface area contributed by atoms with Crippen molar-refractivity contribution in [1.82, 2.24) is 10.2 Å². The fourth-order valence-corrected chi connectivity index (χ4v) is 2.46. The van der Waals surface area contributed by atoms with E-state index in [1.807, 2.05) is 0 Å². The Kier molecular flexibility index (Phi) is 3.62. The molecule has 2 nitrogen and oxygen atoms in total. The molecule has 1 aromatic carbocycles. The molecule has 1 aliphatic heterocycles. The van der Waals surface area contributed by atoms with Gasteiger partial charge in [0.25, 0.3) is 0 Å². The van der Waals surface area contributed by atoms with Crippen LogP contribution in [0, 0.1) is 0 Å². The van der Waals surface area contributed by atoms with Gasteiger partial charge >= 0.3 is 0 Å². The molecule has 1 fully saturated rings. The predicted octanol–water partition coefficient (Wildman–Crippen LogP) is 2.39. The fraction of sp³-hybridized carbons (Fsp3) is 0.571. The molecule has 16 heavy (non-hydrogen) atoms. The molecule has 0 saturated carbocycles. The van der Waals surface area contributed by atoms with Crippen LogP contribution in [0.15, 0.2) is 24.3 Å². The van der Waals surface area contributed by atoms with Crippen LogP contribution >= 0.6 is 0 Å². The summed E-state index contributed by atoms with van der Waals surface area (Å²) in [4.78, 5) is 2.40. The second-order valence-electron chi connectivity index (χ2n) is 5.05. The number of nitrogens with one attached hydrogen (secondary N) is 1. The van der Waals surface area contributed by atoms with E-state index in [1.165, 1.54) is 11.1 Å². The number of hydrogen-bond donors (Lipinski definition) is 1. The van der Waals surface area contributed by atoms with E-state index in [0.29, 0.717) is 12.0 Å². The maximum Gasteiger partial charge on any atom is 0.0452 e. The molecule has 1 atom stereocenters. The smallest absolute Gasteiger partial charge is 0.0452 e. The maximum absolute atomic E-state index is 3.62. The summed E-state index contributed by atoms with van der Waals surface area (Å²) >= 11 is 0. The van der Waals surface area contributed by atoms with Gasteiger partial charge in [0, 0.05) is 25.7 Å². The van der Waals surface area contributed by atoms with Crippen molar-refractivity contribution in [2.75, 3.05) is 26.7 Å². The van der Waals surface area contributed by atoms with Crippen molar-refractivity contribution < 1.29 is 0 Å². The molecule has 1 aliphatic rings. The molecule has 1 heterocycles. The lowest BCUT2D eigenvalue weighted by atomic mass is 9.92. The lowest BCUT2D eigenvalue weighted by molar-refractivity contribution is 0.240. The standard InChI is InChI=1S/C14H22N2/c1-11(2)12-6-4-5-7-13(12)14-10-16(3)9-8-15-14/h4-7,11,14-15H,8-10H2,1-3H3/t14-/m0/s1. The van der Waals surface area contributed by atoms with Gasteiger partial charge in [0.05, 0.1) is 0 Å². The van der Waals surface area contributed by atoms with E-state index in [4.69, 9.17) is 0 Å². The van der Waals surface area contributed by atoms with Gasteiger partial charge in [-0.05, 0) is 24.1 Å². The molecule has 2 rings (SSSR count). The Morgan fingerprint density at radius 3 is 2.75 bits per heavy atom. The molecule has 0 bridgehead atoms. The summed E-state index contributed by atoms with van der Waals surface area (Å²) in [5.41, 5.74) is 2.96. The van der Waals surface area contributed by atoms with Gasteiger partial charge in [-0.2, -0.15) is 0 Å². The van der Waals surface area contributed by atoms with E-state index in [1.54, 1.807) is 0 Å². The van der Waals surface area contributed by atoms with E-state index >= 15 is 0 Å². The third kappa shape index (κ3) is 2.45. The van der Waals surface area contributed by atoms with Crippen molar-refractivity contribution in [2.24, 2.45) is 0 Å². The topological polar surface area (TPSA) is 15.3 Å². The zero-order chi connectivity index (χ0) is 11.5. The van der Waals surface area contributed by atoms with E-state index in [2.05, 4.69) is 55.4 Å². The zero-order valence-corrected chi connectivity index (χ0v) is 10.5. The first-order chi connectivity index (χ1) is 7.68. The minimum absolute atomic E-state index is 0.498. The summed E-state index contributed by atoms with van der Waals surface area (Å²) in [6.07, 6.45) is 0. The highest BCUT2D eigenvalue weighted by Gasteiger charge is 2.20. The van der Waals surface area contributed by atoms with Crippen LogP contribution in [0.4, 0.5) is 0 Å². The van der Waals surface area contributed by atoms with Crippen molar-refractivity contribution >= 4 is 0 Å². The Hall–Kier alpha value is -0.860. The Labute approximate surface area is 98.7 Å². The predicted molar refractivity (Wildman–Crippen MR) is 68.8 cm³/mol. The minimum Gasteiger partial charge on any atom is -0.308 e. The van der Waals surface area contributed by atoms with Gasteiger partial charge in [0.2, 0.25) is 0 Å². The molecule has 1 saturated heterocycles. The number of rotatable bonds is 2. The first-order valence-electron chi connectivity index (χ1n) is 6.19. The van der Waals surface area contributed by atoms with Crippen molar-refractivity contribution in [3.8, 4) is 0 Å². The number of hydrogen-bond acceptors (Lipinski definition) is 2. The molecule has 0 radical (unpaired) electrons. The summed E-state index contributed by atoms with van der Waals surface area (Å²) < 4.78 is 0. The van der Waals surface area contributed by atoms with E-state index in [-0.39, 0.29) is 0 Å². The first kappa shape index (κ1) is 11.6. The third-order valence-corrected chi connectivity index (χ3v) is 3.37. The summed E-state index contributed by atoms with van der Waals surface area (Å²) in [5, 5.41) is 3.62. The normalized spacial score (nSPS) is 22.6. The van der Waals surface area contributed by atoms with Crippen LogP contribution in [0.3, 0.4) is 0 Å². The van der Waals surface area contributed by atoms with E-state index < -0.39 is 0 Å². The monoisotopic (exact) mass is 218 g/mol. The van der Waals surface area contributed by atoms with Gasteiger partial charge in [-0.15, -0.1) is 0 Å². The molecule has 1 N–H and O–H groups in total. The second kappa shape index (κ2) is 4.98. The Morgan fingerprint density at radius 1 is 1.31 bits per heavy atom. The van der Waals surface area contributed by atoms with Crippen LogP contribution < -0.4 is 5.32 Å². The average Bonchev–Trinajstić information content (AvgIpc) is 2.29. The summed E-state index contributed by atoms with van der Waals surface area (Å²) in [7, 11) is 2.20. The lowest BCUT2D eigenvalue weighted by Crippen LogP contribution is -2.44. The maximum atomic E-state index is 3.62. The molecule has 0 aromatic heterocycles. The van der Waals surface area contributed by atoms with E-state index in [9.17, 15) is 0 Å². The summed E-state index contributed by atoms with van der Waals surface area (Å²) in [5.74, 6) is 0.602. The Balaban J connectivity index is 2.25. The fourth-order valence-electron chi connectivity index (χ4n) is 2.46. The highest BCUT2D eigenvalue weighted by Crippen LogP contribution is 2.26. The summed E-state index contributed by atoms with van der Waals surface area (Å²) in [6, 6.07) is 9.32. The Morgan fingerprint density at radius 2 is 2.06 bits per heavy atom. The van der Waals surface area contributed by atoms with Gasteiger partial charge in [0.15, 0.2) is 0 Å². The number of nitrogens with zero attached hydrogens (tertiary/aromatic N) is 1. The summed E-state index contributed by atoms with van der Waals surface area (Å²) in [6.45, 7) is 7.90. The number of benzene rings is 1. The minimum atomic E-state index is 0.498. The van der Waals surface area contributed by atoms with Crippen LogP contribution in [-0.2, 0) is 0 Å². The van der Waals surface area contributed by atoms with Crippen molar-refractivity contribution in [3.63, 3.8) is 0 Å². The lowest BCUT2D eigenvalue weighted by Gasteiger charge is -2.32. The largest absolute Gasteiger partial charge is 0.308 e. The third-order valence-electron chi connectivity index (χ3n) is 3.37.